The number of hydrogen-bond donors (Lipinski definition) is 1. The number of sulfonamides is 1. The molecule has 1 aliphatic rings. The van der Waals surface area contributed by atoms with Crippen LogP contribution < -0.4 is 5.73 Å². The van der Waals surface area contributed by atoms with E-state index in [1.165, 1.54) is 4.31 Å². The molecule has 1 aliphatic heterocycles. The standard InChI is InChI=1S/C14H19N3O2S/c1-11-8-13(9-16)10-17(11)20(18,19)14-4-2-12(3-5-14)6-7-15/h2-5,11,13H,6,8-10,16H2,1H3. The second kappa shape index (κ2) is 5.92. The van der Waals surface area contributed by atoms with Crippen molar-refractivity contribution in [2.75, 3.05) is 13.1 Å². The van der Waals surface area contributed by atoms with E-state index in [4.69, 9.17) is 11.0 Å². The van der Waals surface area contributed by atoms with Crippen LogP contribution in [0.25, 0.3) is 0 Å². The van der Waals surface area contributed by atoms with Crippen molar-refractivity contribution in [3.8, 4) is 6.07 Å². The fourth-order valence-corrected chi connectivity index (χ4v) is 4.34. The Balaban J connectivity index is 2.24. The summed E-state index contributed by atoms with van der Waals surface area (Å²) in [5.74, 6) is 0.234. The van der Waals surface area contributed by atoms with Gasteiger partial charge in [0.2, 0.25) is 10.0 Å². The molecule has 108 valence electrons. The molecule has 0 radical (unpaired) electrons. The SMILES string of the molecule is CC1CC(CN)CN1S(=O)(=O)c1ccc(CC#N)cc1. The van der Waals surface area contributed by atoms with Gasteiger partial charge in [0.15, 0.2) is 0 Å². The molecular formula is C14H19N3O2S. The summed E-state index contributed by atoms with van der Waals surface area (Å²) in [4.78, 5) is 0.281. The van der Waals surface area contributed by atoms with Gasteiger partial charge in [0.05, 0.1) is 17.4 Å². The molecule has 0 aliphatic carbocycles. The molecule has 2 unspecified atom stereocenters. The number of rotatable bonds is 4. The zero-order chi connectivity index (χ0) is 14.8. The predicted octanol–water partition coefficient (Wildman–Crippen LogP) is 1.11. The highest BCUT2D eigenvalue weighted by atomic mass is 32.2. The molecular weight excluding hydrogens is 274 g/mol. The summed E-state index contributed by atoms with van der Waals surface area (Å²) in [6.07, 6.45) is 1.10. The van der Waals surface area contributed by atoms with E-state index < -0.39 is 10.0 Å². The Kier molecular flexibility index (Phi) is 4.43. The molecule has 0 saturated carbocycles. The van der Waals surface area contributed by atoms with Crippen molar-refractivity contribution >= 4 is 10.0 Å². The quantitative estimate of drug-likeness (QED) is 0.901. The number of nitrogens with two attached hydrogens (primary N) is 1. The average Bonchev–Trinajstić information content (AvgIpc) is 2.82. The van der Waals surface area contributed by atoms with Gasteiger partial charge in [-0.3, -0.25) is 0 Å². The smallest absolute Gasteiger partial charge is 0.243 e. The van der Waals surface area contributed by atoms with E-state index >= 15 is 0 Å². The van der Waals surface area contributed by atoms with Gasteiger partial charge in [-0.05, 0) is 43.5 Å². The first-order chi connectivity index (χ1) is 9.48. The normalized spacial score (nSPS) is 23.6. The largest absolute Gasteiger partial charge is 0.330 e. The molecule has 0 amide bonds. The number of nitriles is 1. The lowest BCUT2D eigenvalue weighted by Crippen LogP contribution is -2.34. The molecule has 1 aromatic carbocycles. The summed E-state index contributed by atoms with van der Waals surface area (Å²) in [5.41, 5.74) is 6.46. The molecule has 20 heavy (non-hydrogen) atoms. The third-order valence-corrected chi connectivity index (χ3v) is 5.74. The Hall–Kier alpha value is -1.42. The van der Waals surface area contributed by atoms with Crippen LogP contribution in [0.4, 0.5) is 0 Å². The van der Waals surface area contributed by atoms with Crippen molar-refractivity contribution in [1.82, 2.24) is 4.31 Å². The van der Waals surface area contributed by atoms with E-state index in [0.717, 1.165) is 12.0 Å². The molecule has 1 saturated heterocycles. The van der Waals surface area contributed by atoms with Crippen LogP contribution in [0.15, 0.2) is 29.2 Å². The van der Waals surface area contributed by atoms with Crippen LogP contribution in [-0.4, -0.2) is 31.9 Å². The second-order valence-electron chi connectivity index (χ2n) is 5.24. The fourth-order valence-electron chi connectivity index (χ4n) is 2.62. The lowest BCUT2D eigenvalue weighted by molar-refractivity contribution is 0.404. The number of hydrogen-bond acceptors (Lipinski definition) is 4. The monoisotopic (exact) mass is 293 g/mol. The van der Waals surface area contributed by atoms with Crippen LogP contribution >= 0.6 is 0 Å². The van der Waals surface area contributed by atoms with Crippen molar-refractivity contribution in [1.29, 1.82) is 5.26 Å². The van der Waals surface area contributed by atoms with E-state index in [2.05, 4.69) is 0 Å². The third kappa shape index (κ3) is 2.85. The second-order valence-corrected chi connectivity index (χ2v) is 7.13. The third-order valence-electron chi connectivity index (χ3n) is 3.75. The minimum atomic E-state index is -3.47. The summed E-state index contributed by atoms with van der Waals surface area (Å²) in [5, 5.41) is 8.62. The maximum absolute atomic E-state index is 12.6. The number of benzene rings is 1. The van der Waals surface area contributed by atoms with E-state index in [1.54, 1.807) is 24.3 Å². The zero-order valence-electron chi connectivity index (χ0n) is 11.5. The van der Waals surface area contributed by atoms with Gasteiger partial charge in [0.25, 0.3) is 0 Å². The summed E-state index contributed by atoms with van der Waals surface area (Å²) >= 11 is 0. The van der Waals surface area contributed by atoms with Gasteiger partial charge in [-0.2, -0.15) is 9.57 Å². The van der Waals surface area contributed by atoms with Crippen LogP contribution in [0, 0.1) is 17.2 Å². The summed E-state index contributed by atoms with van der Waals surface area (Å²) in [6.45, 7) is 2.91. The van der Waals surface area contributed by atoms with Crippen molar-refractivity contribution in [3.63, 3.8) is 0 Å². The van der Waals surface area contributed by atoms with E-state index in [1.807, 2.05) is 13.0 Å². The highest BCUT2D eigenvalue weighted by Gasteiger charge is 2.37. The Morgan fingerprint density at radius 1 is 1.40 bits per heavy atom. The zero-order valence-corrected chi connectivity index (χ0v) is 12.3. The molecule has 2 N–H and O–H groups in total. The van der Waals surface area contributed by atoms with E-state index in [9.17, 15) is 8.42 Å². The van der Waals surface area contributed by atoms with Crippen molar-refractivity contribution in [2.45, 2.75) is 30.7 Å². The lowest BCUT2D eigenvalue weighted by Gasteiger charge is -2.21. The molecule has 2 atom stereocenters. The molecule has 0 spiro atoms. The van der Waals surface area contributed by atoms with Gasteiger partial charge in [0.1, 0.15) is 0 Å². The van der Waals surface area contributed by atoms with E-state index in [0.29, 0.717) is 13.1 Å². The molecule has 2 rings (SSSR count). The van der Waals surface area contributed by atoms with Gasteiger partial charge in [-0.25, -0.2) is 8.42 Å². The first-order valence-electron chi connectivity index (χ1n) is 6.67. The Morgan fingerprint density at radius 3 is 2.55 bits per heavy atom. The lowest BCUT2D eigenvalue weighted by atomic mass is 10.1. The van der Waals surface area contributed by atoms with Gasteiger partial charge in [0, 0.05) is 12.6 Å². The summed E-state index contributed by atoms with van der Waals surface area (Å²) in [6, 6.07) is 8.55. The molecule has 0 aromatic heterocycles. The topological polar surface area (TPSA) is 87.2 Å². The summed E-state index contributed by atoms with van der Waals surface area (Å²) < 4.78 is 26.7. The fraction of sp³-hybridized carbons (Fsp3) is 0.500. The van der Waals surface area contributed by atoms with Gasteiger partial charge in [-0.1, -0.05) is 12.1 Å². The Morgan fingerprint density at radius 2 is 2.05 bits per heavy atom. The molecule has 0 bridgehead atoms. The van der Waals surface area contributed by atoms with Crippen molar-refractivity contribution in [3.05, 3.63) is 29.8 Å². The van der Waals surface area contributed by atoms with Crippen LogP contribution in [0.1, 0.15) is 18.9 Å². The number of nitrogens with zero attached hydrogens (tertiary/aromatic N) is 2. The first-order valence-corrected chi connectivity index (χ1v) is 8.11. The van der Waals surface area contributed by atoms with E-state index in [-0.39, 0.29) is 23.3 Å². The van der Waals surface area contributed by atoms with Gasteiger partial charge < -0.3 is 5.73 Å². The predicted molar refractivity (Wildman–Crippen MR) is 76.3 cm³/mol. The van der Waals surface area contributed by atoms with Gasteiger partial charge >= 0.3 is 0 Å². The Labute approximate surface area is 120 Å². The minimum Gasteiger partial charge on any atom is -0.330 e. The minimum absolute atomic E-state index is 0.0210. The van der Waals surface area contributed by atoms with Crippen LogP contribution in [0.3, 0.4) is 0 Å². The molecule has 1 aromatic rings. The maximum atomic E-state index is 12.6. The molecule has 1 fully saturated rings. The first kappa shape index (κ1) is 15.0. The van der Waals surface area contributed by atoms with Crippen LogP contribution in [-0.2, 0) is 16.4 Å². The maximum Gasteiger partial charge on any atom is 0.243 e. The van der Waals surface area contributed by atoms with Crippen molar-refractivity contribution < 1.29 is 8.42 Å². The van der Waals surface area contributed by atoms with Gasteiger partial charge in [-0.15, -0.1) is 0 Å². The molecule has 5 nitrogen and oxygen atoms in total. The van der Waals surface area contributed by atoms with Crippen molar-refractivity contribution in [2.24, 2.45) is 11.7 Å². The van der Waals surface area contributed by atoms with Crippen LogP contribution in [0.5, 0.6) is 0 Å². The summed E-state index contributed by atoms with van der Waals surface area (Å²) in [7, 11) is -3.47. The average molecular weight is 293 g/mol. The molecule has 1 heterocycles. The highest BCUT2D eigenvalue weighted by molar-refractivity contribution is 7.89. The Bertz CT molecular complexity index is 604. The highest BCUT2D eigenvalue weighted by Crippen LogP contribution is 2.28. The molecule has 6 heteroatoms. The van der Waals surface area contributed by atoms with Crippen LogP contribution in [0.2, 0.25) is 0 Å².